The minimum absolute atomic E-state index is 0.148. The minimum atomic E-state index is -3.69. The van der Waals surface area contributed by atoms with E-state index in [1.165, 1.54) is 18.2 Å². The van der Waals surface area contributed by atoms with Crippen LogP contribution in [0.3, 0.4) is 0 Å². The Morgan fingerprint density at radius 2 is 1.87 bits per heavy atom. The number of benzene rings is 2. The second-order valence-corrected chi connectivity index (χ2v) is 8.99. The largest absolute Gasteiger partial charge is 0.326 e. The number of aromatic nitrogens is 2. The highest BCUT2D eigenvalue weighted by molar-refractivity contribution is 7.91. The number of hydrogen-bond acceptors (Lipinski definition) is 5. The quantitative estimate of drug-likeness (QED) is 0.605. The first-order chi connectivity index (χ1) is 14.3. The van der Waals surface area contributed by atoms with Crippen molar-refractivity contribution in [2.75, 3.05) is 11.1 Å². The lowest BCUT2D eigenvalue weighted by molar-refractivity contribution is -0.115. The van der Waals surface area contributed by atoms with Crippen LogP contribution >= 0.6 is 0 Å². The number of H-pyrrole nitrogens is 1. The number of sulfone groups is 1. The van der Waals surface area contributed by atoms with Crippen molar-refractivity contribution >= 4 is 21.4 Å². The maximum absolute atomic E-state index is 12.9. The standard InChI is InChI=1S/C22H23N3O4S/c1-3-16-6-4-5-7-18(16)23-21(26)12-13-30(28,29)20-14-17(9-8-15(20)2)19-10-11-22(27)25-24-19/h4-11,14H,3,12-13H2,1-2H3,(H,23,26)(H,25,27). The average Bonchev–Trinajstić information content (AvgIpc) is 2.74. The Hall–Kier alpha value is -3.26. The van der Waals surface area contributed by atoms with E-state index in [9.17, 15) is 18.0 Å². The summed E-state index contributed by atoms with van der Waals surface area (Å²) in [5.41, 5.74) is 2.96. The normalized spacial score (nSPS) is 11.3. The molecule has 2 N–H and O–H groups in total. The highest BCUT2D eigenvalue weighted by Gasteiger charge is 2.20. The van der Waals surface area contributed by atoms with Gasteiger partial charge in [-0.25, -0.2) is 13.5 Å². The zero-order valence-corrected chi connectivity index (χ0v) is 17.6. The van der Waals surface area contributed by atoms with Crippen LogP contribution in [-0.2, 0) is 21.1 Å². The molecule has 0 saturated carbocycles. The summed E-state index contributed by atoms with van der Waals surface area (Å²) >= 11 is 0. The Labute approximate surface area is 175 Å². The predicted molar refractivity (Wildman–Crippen MR) is 116 cm³/mol. The topological polar surface area (TPSA) is 109 Å². The van der Waals surface area contributed by atoms with Gasteiger partial charge in [-0.2, -0.15) is 5.10 Å². The maximum atomic E-state index is 12.9. The Balaban J connectivity index is 1.76. The Morgan fingerprint density at radius 3 is 2.57 bits per heavy atom. The van der Waals surface area contributed by atoms with Crippen LogP contribution < -0.4 is 10.9 Å². The molecule has 0 aliphatic carbocycles. The summed E-state index contributed by atoms with van der Waals surface area (Å²) in [6.45, 7) is 3.69. The molecule has 3 aromatic rings. The second-order valence-electron chi connectivity index (χ2n) is 6.91. The van der Waals surface area contributed by atoms with E-state index in [2.05, 4.69) is 15.5 Å². The molecule has 0 atom stereocenters. The van der Waals surface area contributed by atoms with Gasteiger partial charge in [-0.05, 0) is 42.7 Å². The van der Waals surface area contributed by atoms with E-state index in [1.54, 1.807) is 25.1 Å². The monoisotopic (exact) mass is 425 g/mol. The smallest absolute Gasteiger partial charge is 0.264 e. The molecule has 1 amide bonds. The number of nitrogens with one attached hydrogen (secondary N) is 2. The Kier molecular flexibility index (Phi) is 6.47. The predicted octanol–water partition coefficient (Wildman–Crippen LogP) is 3.11. The van der Waals surface area contributed by atoms with E-state index in [0.717, 1.165) is 12.0 Å². The van der Waals surface area contributed by atoms with Crippen LogP contribution in [-0.4, -0.2) is 30.3 Å². The van der Waals surface area contributed by atoms with Gasteiger partial charge >= 0.3 is 0 Å². The van der Waals surface area contributed by atoms with Gasteiger partial charge in [0.25, 0.3) is 5.56 Å². The summed E-state index contributed by atoms with van der Waals surface area (Å²) < 4.78 is 25.8. The van der Waals surface area contributed by atoms with Crippen LogP contribution in [0.5, 0.6) is 0 Å². The number of nitrogens with zero attached hydrogens (tertiary/aromatic N) is 1. The molecule has 3 rings (SSSR count). The summed E-state index contributed by atoms with van der Waals surface area (Å²) in [6, 6.07) is 15.2. The fourth-order valence-electron chi connectivity index (χ4n) is 3.10. The number of carbonyl (C=O) groups excluding carboxylic acids is 1. The fourth-order valence-corrected chi connectivity index (χ4v) is 4.64. The number of rotatable bonds is 7. The summed E-state index contributed by atoms with van der Waals surface area (Å²) in [5, 5.41) is 9.07. The molecule has 7 nitrogen and oxygen atoms in total. The van der Waals surface area contributed by atoms with Gasteiger partial charge < -0.3 is 5.32 Å². The van der Waals surface area contributed by atoms with Crippen molar-refractivity contribution in [3.05, 3.63) is 76.1 Å². The van der Waals surface area contributed by atoms with E-state index >= 15 is 0 Å². The summed E-state index contributed by atoms with van der Waals surface area (Å²) in [6.07, 6.45) is 0.612. The van der Waals surface area contributed by atoms with Gasteiger partial charge in [-0.3, -0.25) is 9.59 Å². The summed E-state index contributed by atoms with van der Waals surface area (Å²) in [4.78, 5) is 23.7. The molecular formula is C22H23N3O4S. The third-order valence-electron chi connectivity index (χ3n) is 4.77. The first-order valence-electron chi connectivity index (χ1n) is 9.57. The van der Waals surface area contributed by atoms with E-state index in [4.69, 9.17) is 0 Å². The van der Waals surface area contributed by atoms with Gasteiger partial charge in [-0.1, -0.05) is 37.3 Å². The SMILES string of the molecule is CCc1ccccc1NC(=O)CCS(=O)(=O)c1cc(-c2ccc(=O)[nH]n2)ccc1C. The highest BCUT2D eigenvalue weighted by Crippen LogP contribution is 2.24. The van der Waals surface area contributed by atoms with Crippen molar-refractivity contribution in [2.24, 2.45) is 0 Å². The molecule has 0 radical (unpaired) electrons. The highest BCUT2D eigenvalue weighted by atomic mass is 32.2. The molecule has 0 aliphatic heterocycles. The molecule has 1 aromatic heterocycles. The van der Waals surface area contributed by atoms with Gasteiger partial charge in [0, 0.05) is 23.7 Å². The number of anilines is 1. The van der Waals surface area contributed by atoms with Crippen LogP contribution in [0.15, 0.2) is 64.3 Å². The molecule has 0 spiro atoms. The number of carbonyl (C=O) groups is 1. The van der Waals surface area contributed by atoms with Crippen LogP contribution in [0.2, 0.25) is 0 Å². The minimum Gasteiger partial charge on any atom is -0.326 e. The van der Waals surface area contributed by atoms with Crippen molar-refractivity contribution in [1.82, 2.24) is 10.2 Å². The van der Waals surface area contributed by atoms with Crippen molar-refractivity contribution in [3.63, 3.8) is 0 Å². The van der Waals surface area contributed by atoms with Crippen LogP contribution in [0.1, 0.15) is 24.5 Å². The third-order valence-corrected chi connectivity index (χ3v) is 6.62. The molecular weight excluding hydrogens is 402 g/mol. The lowest BCUT2D eigenvalue weighted by atomic mass is 10.1. The van der Waals surface area contributed by atoms with Gasteiger partial charge in [0.2, 0.25) is 5.91 Å². The molecule has 0 fully saturated rings. The number of hydrogen-bond donors (Lipinski definition) is 2. The number of aryl methyl sites for hydroxylation is 2. The number of para-hydroxylation sites is 1. The second kappa shape index (κ2) is 9.04. The van der Waals surface area contributed by atoms with Gasteiger partial charge in [0.15, 0.2) is 9.84 Å². The van der Waals surface area contributed by atoms with E-state index < -0.39 is 9.84 Å². The van der Waals surface area contributed by atoms with Crippen LogP contribution in [0.25, 0.3) is 11.3 Å². The molecule has 0 saturated heterocycles. The molecule has 0 bridgehead atoms. The van der Waals surface area contributed by atoms with E-state index in [0.29, 0.717) is 22.5 Å². The van der Waals surface area contributed by atoms with Gasteiger partial charge in [0.1, 0.15) is 0 Å². The third kappa shape index (κ3) is 5.01. The zero-order chi connectivity index (χ0) is 21.7. The molecule has 2 aromatic carbocycles. The molecule has 8 heteroatoms. The summed E-state index contributed by atoms with van der Waals surface area (Å²) in [7, 11) is -3.69. The summed E-state index contributed by atoms with van der Waals surface area (Å²) in [5.74, 6) is -0.660. The lowest BCUT2D eigenvalue weighted by Crippen LogP contribution is -2.18. The molecule has 30 heavy (non-hydrogen) atoms. The van der Waals surface area contributed by atoms with Crippen molar-refractivity contribution in [3.8, 4) is 11.3 Å². The van der Waals surface area contributed by atoms with Crippen molar-refractivity contribution in [1.29, 1.82) is 0 Å². The zero-order valence-electron chi connectivity index (χ0n) is 16.8. The van der Waals surface area contributed by atoms with Crippen LogP contribution in [0, 0.1) is 6.92 Å². The fraction of sp³-hybridized carbons (Fsp3) is 0.227. The molecule has 1 heterocycles. The first kappa shape index (κ1) is 21.4. The Morgan fingerprint density at radius 1 is 1.10 bits per heavy atom. The van der Waals surface area contributed by atoms with E-state index in [-0.39, 0.29) is 28.5 Å². The van der Waals surface area contributed by atoms with Crippen molar-refractivity contribution < 1.29 is 13.2 Å². The molecule has 0 unspecified atom stereocenters. The maximum Gasteiger partial charge on any atom is 0.264 e. The molecule has 0 aliphatic rings. The van der Waals surface area contributed by atoms with Gasteiger partial charge in [-0.15, -0.1) is 0 Å². The average molecular weight is 426 g/mol. The van der Waals surface area contributed by atoms with Crippen LogP contribution in [0.4, 0.5) is 5.69 Å². The lowest BCUT2D eigenvalue weighted by Gasteiger charge is -2.11. The Bertz CT molecular complexity index is 1210. The van der Waals surface area contributed by atoms with Crippen molar-refractivity contribution in [2.45, 2.75) is 31.6 Å². The van der Waals surface area contributed by atoms with Gasteiger partial charge in [0.05, 0.1) is 16.3 Å². The number of aromatic amines is 1. The molecule has 156 valence electrons. The first-order valence-corrected chi connectivity index (χ1v) is 11.2. The van der Waals surface area contributed by atoms with E-state index in [1.807, 2.05) is 25.1 Å². The number of amides is 1.